The van der Waals surface area contributed by atoms with Crippen LogP contribution >= 0.6 is 0 Å². The molecule has 2 fully saturated rings. The average molecular weight is 469 g/mol. The van der Waals surface area contributed by atoms with E-state index in [0.29, 0.717) is 17.9 Å². The minimum atomic E-state index is 0.00841. The average Bonchev–Trinajstić information content (AvgIpc) is 3.48. The number of carbonyl (C=O) groups excluding carboxylic acids is 1. The summed E-state index contributed by atoms with van der Waals surface area (Å²) in [6.07, 6.45) is 7.81. The molecular formula is C30H32N2O3. The minimum Gasteiger partial charge on any atom is -0.507 e. The molecule has 1 saturated heterocycles. The second kappa shape index (κ2) is 9.46. The van der Waals surface area contributed by atoms with Gasteiger partial charge in [-0.3, -0.25) is 9.69 Å². The van der Waals surface area contributed by atoms with Gasteiger partial charge in [0, 0.05) is 24.9 Å². The monoisotopic (exact) mass is 468 g/mol. The third-order valence-corrected chi connectivity index (χ3v) is 7.98. The summed E-state index contributed by atoms with van der Waals surface area (Å²) in [5.41, 5.74) is 2.13. The van der Waals surface area contributed by atoms with Crippen LogP contribution in [-0.2, 0) is 0 Å². The zero-order valence-corrected chi connectivity index (χ0v) is 20.0. The molecule has 3 aromatic carbocycles. The van der Waals surface area contributed by atoms with E-state index in [4.69, 9.17) is 9.40 Å². The van der Waals surface area contributed by atoms with Crippen LogP contribution < -0.4 is 0 Å². The fraction of sp³-hybridized carbons (Fsp3) is 0.400. The van der Waals surface area contributed by atoms with Gasteiger partial charge in [-0.25, -0.2) is 4.98 Å². The number of benzene rings is 3. The molecule has 0 amide bonds. The van der Waals surface area contributed by atoms with Gasteiger partial charge in [-0.1, -0.05) is 61.7 Å². The van der Waals surface area contributed by atoms with Crippen LogP contribution in [-0.4, -0.2) is 33.9 Å². The molecule has 1 N–H and O–H groups in total. The topological polar surface area (TPSA) is 66.6 Å². The second-order valence-corrected chi connectivity index (χ2v) is 10.4. The summed E-state index contributed by atoms with van der Waals surface area (Å²) in [5, 5.41) is 12.5. The number of oxazole rings is 1. The van der Waals surface area contributed by atoms with E-state index >= 15 is 0 Å². The highest BCUT2D eigenvalue weighted by Crippen LogP contribution is 2.40. The number of ketones is 1. The number of aromatic nitrogens is 1. The van der Waals surface area contributed by atoms with Crippen LogP contribution in [0.4, 0.5) is 0 Å². The lowest BCUT2D eigenvalue weighted by Gasteiger charge is -2.29. The molecule has 180 valence electrons. The molecule has 5 nitrogen and oxygen atoms in total. The van der Waals surface area contributed by atoms with Gasteiger partial charge >= 0.3 is 0 Å². The molecule has 2 heterocycles. The normalized spacial score (nSPS) is 21.7. The van der Waals surface area contributed by atoms with E-state index in [1.165, 1.54) is 32.1 Å². The number of likely N-dealkylation sites (tertiary alicyclic amines) is 1. The molecule has 1 saturated carbocycles. The number of nitrogens with zero attached hydrogens (tertiary/aromatic N) is 2. The summed E-state index contributed by atoms with van der Waals surface area (Å²) in [5.74, 6) is 1.78. The Morgan fingerprint density at radius 3 is 2.63 bits per heavy atom. The smallest absolute Gasteiger partial charge is 0.212 e. The molecule has 2 atom stereocenters. The summed E-state index contributed by atoms with van der Waals surface area (Å²) in [6.45, 7) is 1.90. The molecule has 1 aromatic heterocycles. The molecule has 1 aliphatic heterocycles. The maximum absolute atomic E-state index is 13.3. The predicted octanol–water partition coefficient (Wildman–Crippen LogP) is 6.90. The first-order valence-corrected chi connectivity index (χ1v) is 13.0. The number of para-hydroxylation sites is 2. The van der Waals surface area contributed by atoms with E-state index < -0.39 is 0 Å². The molecule has 1 aliphatic carbocycles. The highest BCUT2D eigenvalue weighted by atomic mass is 16.3. The number of phenols is 1. The highest BCUT2D eigenvalue weighted by molar-refractivity contribution is 6.04. The number of Topliss-reactive ketones (excluding diaryl/α,β-unsaturated/α-hetero) is 1. The largest absolute Gasteiger partial charge is 0.507 e. The lowest BCUT2D eigenvalue weighted by molar-refractivity contribution is 0.0958. The maximum Gasteiger partial charge on any atom is 0.212 e. The van der Waals surface area contributed by atoms with Crippen LogP contribution in [0.25, 0.3) is 21.9 Å². The van der Waals surface area contributed by atoms with Crippen LogP contribution in [0.5, 0.6) is 5.75 Å². The molecular weight excluding hydrogens is 436 g/mol. The van der Waals surface area contributed by atoms with E-state index in [2.05, 4.69) is 4.90 Å². The van der Waals surface area contributed by atoms with Crippen molar-refractivity contribution in [2.24, 2.45) is 11.8 Å². The molecule has 4 aromatic rings. The van der Waals surface area contributed by atoms with Crippen molar-refractivity contribution in [3.8, 4) is 5.75 Å². The minimum absolute atomic E-state index is 0.00841. The molecule has 0 unspecified atom stereocenters. The number of carbonyl (C=O) groups is 1. The zero-order chi connectivity index (χ0) is 23.8. The quantitative estimate of drug-likeness (QED) is 0.312. The van der Waals surface area contributed by atoms with Crippen molar-refractivity contribution in [2.75, 3.05) is 13.1 Å². The SMILES string of the molecule is O=C(C[C@H]1C[C@@H](c2nc3ccccc3o2)N(CC2CCCCC2)C1)c1ccc2ccccc2c1O. The third kappa shape index (κ3) is 4.45. The van der Waals surface area contributed by atoms with Crippen molar-refractivity contribution in [1.82, 2.24) is 9.88 Å². The van der Waals surface area contributed by atoms with Gasteiger partial charge in [0.1, 0.15) is 11.3 Å². The number of fused-ring (bicyclic) bond motifs is 2. The van der Waals surface area contributed by atoms with Gasteiger partial charge in [0.15, 0.2) is 11.4 Å². The van der Waals surface area contributed by atoms with Gasteiger partial charge in [-0.05, 0) is 54.7 Å². The third-order valence-electron chi connectivity index (χ3n) is 7.98. The van der Waals surface area contributed by atoms with Gasteiger partial charge in [0.05, 0.1) is 11.6 Å². The summed E-state index contributed by atoms with van der Waals surface area (Å²) in [4.78, 5) is 20.7. The standard InChI is InChI=1S/C30H32N2O3/c33-27(24-15-14-22-10-4-5-11-23(22)29(24)34)17-21-16-26(30-31-25-12-6-7-13-28(25)35-30)32(19-21)18-20-8-2-1-3-9-20/h4-7,10-15,20-21,26,34H,1-3,8-9,16-19H2/t21-,26+/m1/s1. The fourth-order valence-corrected chi connectivity index (χ4v) is 6.19. The van der Waals surface area contributed by atoms with Crippen LogP contribution in [0, 0.1) is 11.8 Å². The van der Waals surface area contributed by atoms with Crippen molar-refractivity contribution in [2.45, 2.75) is 51.0 Å². The Hall–Kier alpha value is -3.18. The zero-order valence-electron chi connectivity index (χ0n) is 20.0. The lowest BCUT2D eigenvalue weighted by atomic mass is 9.89. The fourth-order valence-electron chi connectivity index (χ4n) is 6.19. The van der Waals surface area contributed by atoms with E-state index in [9.17, 15) is 9.90 Å². The maximum atomic E-state index is 13.3. The van der Waals surface area contributed by atoms with E-state index in [1.807, 2.05) is 54.6 Å². The Morgan fingerprint density at radius 1 is 0.971 bits per heavy atom. The van der Waals surface area contributed by atoms with E-state index in [1.54, 1.807) is 6.07 Å². The summed E-state index contributed by atoms with van der Waals surface area (Å²) in [6, 6.07) is 19.4. The Balaban J connectivity index is 1.24. The first-order valence-electron chi connectivity index (χ1n) is 13.0. The van der Waals surface area contributed by atoms with Crippen LogP contribution in [0.3, 0.4) is 0 Å². The van der Waals surface area contributed by atoms with Crippen molar-refractivity contribution < 1.29 is 14.3 Å². The Bertz CT molecular complexity index is 1320. The van der Waals surface area contributed by atoms with E-state index in [0.717, 1.165) is 47.3 Å². The van der Waals surface area contributed by atoms with Crippen molar-refractivity contribution >= 4 is 27.7 Å². The van der Waals surface area contributed by atoms with Gasteiger partial charge in [0.25, 0.3) is 0 Å². The van der Waals surface area contributed by atoms with Gasteiger partial charge in [-0.2, -0.15) is 0 Å². The van der Waals surface area contributed by atoms with Crippen LogP contribution in [0.2, 0.25) is 0 Å². The van der Waals surface area contributed by atoms with Crippen molar-refractivity contribution in [3.63, 3.8) is 0 Å². The number of rotatable bonds is 6. The molecule has 35 heavy (non-hydrogen) atoms. The Morgan fingerprint density at radius 2 is 1.77 bits per heavy atom. The van der Waals surface area contributed by atoms with Gasteiger partial charge in [0.2, 0.25) is 5.89 Å². The number of hydrogen-bond donors (Lipinski definition) is 1. The Kier molecular flexibility index (Phi) is 6.03. The molecule has 5 heteroatoms. The highest BCUT2D eigenvalue weighted by Gasteiger charge is 2.38. The lowest BCUT2D eigenvalue weighted by Crippen LogP contribution is -2.31. The number of hydrogen-bond acceptors (Lipinski definition) is 5. The Labute approximate surface area is 205 Å². The first kappa shape index (κ1) is 22.3. The van der Waals surface area contributed by atoms with E-state index in [-0.39, 0.29) is 23.5 Å². The van der Waals surface area contributed by atoms with Crippen molar-refractivity contribution in [3.05, 3.63) is 72.1 Å². The molecule has 0 bridgehead atoms. The van der Waals surface area contributed by atoms with Gasteiger partial charge in [-0.15, -0.1) is 0 Å². The van der Waals surface area contributed by atoms with Crippen LogP contribution in [0.15, 0.2) is 65.1 Å². The molecule has 0 spiro atoms. The predicted molar refractivity (Wildman–Crippen MR) is 138 cm³/mol. The van der Waals surface area contributed by atoms with Crippen molar-refractivity contribution in [1.29, 1.82) is 0 Å². The first-order chi connectivity index (χ1) is 17.2. The number of aromatic hydroxyl groups is 1. The van der Waals surface area contributed by atoms with Gasteiger partial charge < -0.3 is 9.52 Å². The molecule has 2 aliphatic rings. The summed E-state index contributed by atoms with van der Waals surface area (Å²) in [7, 11) is 0. The summed E-state index contributed by atoms with van der Waals surface area (Å²) >= 11 is 0. The molecule has 6 rings (SSSR count). The van der Waals surface area contributed by atoms with Crippen LogP contribution in [0.1, 0.15) is 67.2 Å². The number of phenolic OH excluding ortho intramolecular Hbond substituents is 1. The summed E-state index contributed by atoms with van der Waals surface area (Å²) < 4.78 is 6.20. The molecule has 0 radical (unpaired) electrons. The second-order valence-electron chi connectivity index (χ2n) is 10.4.